The fourth-order valence-electron chi connectivity index (χ4n) is 19.3. The zero-order valence-corrected chi connectivity index (χ0v) is 13.4. The van der Waals surface area contributed by atoms with Crippen LogP contribution >= 0.6 is 0 Å². The Balaban J connectivity index is 1.50. The van der Waals surface area contributed by atoms with Crippen LogP contribution in [0.4, 0.5) is 0 Å². The molecule has 4 unspecified atom stereocenters. The average molecular weight is 300 g/mol. The summed E-state index contributed by atoms with van der Waals surface area (Å²) in [5.41, 5.74) is 0. The van der Waals surface area contributed by atoms with E-state index in [2.05, 4.69) is 38.0 Å². The molecule has 0 saturated carbocycles. The second kappa shape index (κ2) is 0.701. The van der Waals surface area contributed by atoms with E-state index < -0.39 is 6.51 Å². The zero-order chi connectivity index (χ0) is 12.5. The molecule has 0 radical (unpaired) electrons. The van der Waals surface area contributed by atoms with Crippen LogP contribution in [0.3, 0.4) is 0 Å². The minimum absolute atomic E-state index is 1.03. The predicted octanol–water partition coefficient (Wildman–Crippen LogP) is 3.24. The Morgan fingerprint density at radius 2 is 1.05 bits per heavy atom. The first kappa shape index (κ1) is 8.17. The third-order valence-corrected chi connectivity index (χ3v) is 60.6. The molecule has 3 heteroatoms. The summed E-state index contributed by atoms with van der Waals surface area (Å²) in [6.45, 7) is 0.0695. The molecule has 0 aromatic heterocycles. The second-order valence-corrected chi connectivity index (χ2v) is 36.0. The van der Waals surface area contributed by atoms with Gasteiger partial charge in [0, 0.05) is 0 Å². The van der Waals surface area contributed by atoms with Crippen molar-refractivity contribution in [3.05, 3.63) is 0 Å². The standard InChI is InChI=1S/C11H19N2.C5H5.Fe/c1-12(2)8-10-6-5-7-11(10)9-13(3)4;1-2-4-5-3-1;/h5-7H,8-9H2,1-4H3;1-5H;. The van der Waals surface area contributed by atoms with Gasteiger partial charge in [-0.25, -0.2) is 0 Å². The van der Waals surface area contributed by atoms with Gasteiger partial charge in [0.15, 0.2) is 0 Å². The molecule has 19 heavy (non-hydrogen) atoms. The molecule has 10 fully saturated rings. The summed E-state index contributed by atoms with van der Waals surface area (Å²) < 4.78 is 2.06. The van der Waals surface area contributed by atoms with Crippen molar-refractivity contribution in [2.75, 3.05) is 41.3 Å². The van der Waals surface area contributed by atoms with Gasteiger partial charge in [-0.2, -0.15) is 0 Å². The van der Waals surface area contributed by atoms with Crippen LogP contribution < -0.4 is 0 Å². The molecule has 10 rings (SSSR count). The first-order valence-electron chi connectivity index (χ1n) is 8.28. The average Bonchev–Trinajstić information content (AvgIpc) is 3.23. The molecule has 0 N–H and O–H groups in total. The third kappa shape index (κ3) is 0.0884. The Labute approximate surface area is 105 Å². The number of nitrogens with zero attached hydrogens (tertiary/aromatic N) is 2. The van der Waals surface area contributed by atoms with E-state index in [1.165, 1.54) is 51.6 Å². The van der Waals surface area contributed by atoms with Crippen molar-refractivity contribution in [2.45, 2.75) is 47.2 Å². The molecule has 0 aliphatic carbocycles. The molecule has 106 valence electrons. The molecule has 10 aliphatic rings. The Bertz CT molecular complexity index is 938. The molecule has 10 aliphatic heterocycles. The van der Waals surface area contributed by atoms with Crippen LogP contribution in [0.15, 0.2) is 0 Å². The third-order valence-electron chi connectivity index (χ3n) is 16.6. The monoisotopic (exact) mass is 300 g/mol. The van der Waals surface area contributed by atoms with Crippen molar-refractivity contribution in [3.8, 4) is 0 Å². The van der Waals surface area contributed by atoms with Crippen molar-refractivity contribution in [1.29, 1.82) is 0 Å². The van der Waals surface area contributed by atoms with E-state index in [0.29, 0.717) is 0 Å². The normalized spacial score (nSPS) is 113. The molecular weight excluding hydrogens is 276 g/mol. The molecule has 0 aromatic rings. The molecule has 0 amide bonds. The van der Waals surface area contributed by atoms with E-state index in [4.69, 9.17) is 0 Å². The fourth-order valence-corrected chi connectivity index (χ4v) is 96.7. The molecule has 10 heterocycles. The van der Waals surface area contributed by atoms with Crippen molar-refractivity contribution in [1.82, 2.24) is 9.80 Å². The maximum absolute atomic E-state index is 2.99. The van der Waals surface area contributed by atoms with Gasteiger partial charge in [0.1, 0.15) is 0 Å². The van der Waals surface area contributed by atoms with Crippen LogP contribution in [0, 0.1) is 0 Å². The van der Waals surface area contributed by atoms with Crippen molar-refractivity contribution < 1.29 is 6.51 Å². The van der Waals surface area contributed by atoms with E-state index in [1.54, 1.807) is 0 Å². The van der Waals surface area contributed by atoms with Gasteiger partial charge in [-0.15, -0.1) is 0 Å². The van der Waals surface area contributed by atoms with Gasteiger partial charge in [0.25, 0.3) is 0 Å². The Morgan fingerprint density at radius 1 is 0.684 bits per heavy atom. The topological polar surface area (TPSA) is 6.48 Å². The molecule has 0 aromatic carbocycles. The predicted molar refractivity (Wildman–Crippen MR) is 72.5 cm³/mol. The van der Waals surface area contributed by atoms with Gasteiger partial charge in [-0.1, -0.05) is 0 Å². The number of hydrogen-bond acceptors (Lipinski definition) is 2. The van der Waals surface area contributed by atoms with Crippen LogP contribution in [-0.4, -0.2) is 51.1 Å². The van der Waals surface area contributed by atoms with Crippen LogP contribution in [0.1, 0.15) is 0 Å². The van der Waals surface area contributed by atoms with Crippen LogP contribution in [-0.2, 0) is 6.51 Å². The van der Waals surface area contributed by atoms with Crippen LogP contribution in [0.2, 0.25) is 47.2 Å². The fraction of sp³-hybridized carbons (Fsp3) is 1.00. The van der Waals surface area contributed by atoms with E-state index in [0.717, 1.165) is 8.63 Å². The molecule has 10 saturated heterocycles. The molecular formula is C16H24FeN2. The van der Waals surface area contributed by atoms with Gasteiger partial charge in [-0.3, -0.25) is 0 Å². The maximum atomic E-state index is 2.61. The van der Waals surface area contributed by atoms with E-state index in [-0.39, 0.29) is 0 Å². The van der Waals surface area contributed by atoms with Crippen molar-refractivity contribution in [2.24, 2.45) is 0 Å². The first-order valence-corrected chi connectivity index (χ1v) is 14.5. The Morgan fingerprint density at radius 3 is 1.26 bits per heavy atom. The van der Waals surface area contributed by atoms with Crippen molar-refractivity contribution in [3.63, 3.8) is 0 Å². The Kier molecular flexibility index (Phi) is 0.302. The van der Waals surface area contributed by atoms with Gasteiger partial charge in [0.05, 0.1) is 0 Å². The summed E-state index contributed by atoms with van der Waals surface area (Å²) >= 11 is 0. The van der Waals surface area contributed by atoms with E-state index in [1.807, 2.05) is 0 Å². The molecule has 2 nitrogen and oxygen atoms in total. The SMILES string of the molecule is CN(C)C[C]12[CH]3[CH]4[CH]5[C]1(CN(C)C)[Fe]43521678[CH]2[CH]1[CH]6[CH]7[CH]28. The van der Waals surface area contributed by atoms with Crippen LogP contribution in [0.5, 0.6) is 0 Å². The van der Waals surface area contributed by atoms with Gasteiger partial charge in [0.2, 0.25) is 0 Å². The molecule has 4 atom stereocenters. The van der Waals surface area contributed by atoms with E-state index >= 15 is 0 Å². The van der Waals surface area contributed by atoms with Gasteiger partial charge in [-0.05, 0) is 0 Å². The molecule has 1 spiro atoms. The van der Waals surface area contributed by atoms with Crippen LogP contribution in [0.25, 0.3) is 0 Å². The zero-order valence-electron chi connectivity index (χ0n) is 12.3. The summed E-state index contributed by atoms with van der Waals surface area (Å²) in [7, 11) is 9.48. The van der Waals surface area contributed by atoms with Gasteiger partial charge >= 0.3 is 105 Å². The summed E-state index contributed by atoms with van der Waals surface area (Å²) in [6, 6.07) is 0. The van der Waals surface area contributed by atoms with Crippen molar-refractivity contribution >= 4 is 0 Å². The summed E-state index contributed by atoms with van der Waals surface area (Å²) in [5, 5.41) is 0. The minimum atomic E-state index is -2.99. The Hall–Kier alpha value is 0.439. The second-order valence-electron chi connectivity index (χ2n) is 12.5. The molecule has 0 bridgehead atoms. The summed E-state index contributed by atoms with van der Waals surface area (Å²) in [6.07, 6.45) is 0. The number of hydrogen-bond donors (Lipinski definition) is 0. The summed E-state index contributed by atoms with van der Waals surface area (Å²) in [4.78, 5) is 16.9. The number of rotatable bonds is 4. The van der Waals surface area contributed by atoms with E-state index in [9.17, 15) is 0 Å². The summed E-state index contributed by atoms with van der Waals surface area (Å²) in [5.74, 6) is 0. The van der Waals surface area contributed by atoms with Gasteiger partial charge < -0.3 is 0 Å². The first-order chi connectivity index (χ1) is 8.77. The number of fused-ring (bicyclic) bond motifs is 10. The quantitative estimate of drug-likeness (QED) is 0.735.